The van der Waals surface area contributed by atoms with Gasteiger partial charge in [-0.25, -0.2) is 4.79 Å². The van der Waals surface area contributed by atoms with Crippen LogP contribution < -0.4 is 0 Å². The van der Waals surface area contributed by atoms with Gasteiger partial charge in [0.2, 0.25) is 0 Å². The van der Waals surface area contributed by atoms with E-state index >= 15 is 0 Å². The molecule has 7 heteroatoms. The number of ether oxygens (including phenoxy) is 3. The van der Waals surface area contributed by atoms with Crippen molar-refractivity contribution in [2.75, 3.05) is 26.9 Å². The molecule has 1 spiro atoms. The molecule has 2 aliphatic rings. The van der Waals surface area contributed by atoms with Crippen molar-refractivity contribution in [3.8, 4) is 0 Å². The van der Waals surface area contributed by atoms with E-state index in [0.29, 0.717) is 19.8 Å². The van der Waals surface area contributed by atoms with Gasteiger partial charge in [-0.2, -0.15) is 5.10 Å². The summed E-state index contributed by atoms with van der Waals surface area (Å²) < 4.78 is 19.4. The Kier molecular flexibility index (Phi) is 5.05. The second-order valence-corrected chi connectivity index (χ2v) is 8.51. The summed E-state index contributed by atoms with van der Waals surface area (Å²) in [5.74, 6) is 0. The maximum absolute atomic E-state index is 12.5. The summed E-state index contributed by atoms with van der Waals surface area (Å²) in [4.78, 5) is 14.3. The van der Waals surface area contributed by atoms with Crippen LogP contribution in [0.3, 0.4) is 0 Å². The third kappa shape index (κ3) is 3.47. The Morgan fingerprint density at radius 3 is 2.81 bits per heavy atom. The maximum atomic E-state index is 12.5. The molecule has 0 N–H and O–H groups in total. The lowest BCUT2D eigenvalue weighted by atomic mass is 9.81. The van der Waals surface area contributed by atoms with Gasteiger partial charge in [0.25, 0.3) is 0 Å². The van der Waals surface area contributed by atoms with Crippen molar-refractivity contribution >= 4 is 6.09 Å². The van der Waals surface area contributed by atoms with Gasteiger partial charge in [0, 0.05) is 26.1 Å². The van der Waals surface area contributed by atoms with Gasteiger partial charge < -0.3 is 19.1 Å². The van der Waals surface area contributed by atoms with E-state index in [4.69, 9.17) is 14.2 Å². The molecular formula is C19H31N3O4. The highest BCUT2D eigenvalue weighted by Crippen LogP contribution is 2.44. The summed E-state index contributed by atoms with van der Waals surface area (Å²) in [5, 5.41) is 4.58. The van der Waals surface area contributed by atoms with Crippen LogP contribution in [0, 0.1) is 6.92 Å². The first-order valence-electron chi connectivity index (χ1n) is 9.34. The van der Waals surface area contributed by atoms with Crippen LogP contribution in [0.4, 0.5) is 4.79 Å². The second-order valence-electron chi connectivity index (χ2n) is 8.51. The molecule has 0 bridgehead atoms. The normalized spacial score (nSPS) is 28.9. The molecule has 1 aromatic rings. The molecule has 26 heavy (non-hydrogen) atoms. The number of rotatable bonds is 2. The topological polar surface area (TPSA) is 65.8 Å². The van der Waals surface area contributed by atoms with Crippen molar-refractivity contribution in [2.24, 2.45) is 0 Å². The van der Waals surface area contributed by atoms with Gasteiger partial charge in [-0.15, -0.1) is 0 Å². The van der Waals surface area contributed by atoms with Crippen molar-refractivity contribution in [1.82, 2.24) is 14.7 Å². The molecule has 0 saturated carbocycles. The van der Waals surface area contributed by atoms with Gasteiger partial charge in [0.1, 0.15) is 11.2 Å². The van der Waals surface area contributed by atoms with Gasteiger partial charge >= 0.3 is 6.09 Å². The number of hydrogen-bond donors (Lipinski definition) is 0. The second kappa shape index (κ2) is 6.85. The zero-order valence-corrected chi connectivity index (χ0v) is 16.7. The van der Waals surface area contributed by atoms with Crippen LogP contribution in [0.1, 0.15) is 57.8 Å². The smallest absolute Gasteiger partial charge is 0.410 e. The van der Waals surface area contributed by atoms with Crippen molar-refractivity contribution < 1.29 is 19.0 Å². The molecule has 1 saturated heterocycles. The number of carbonyl (C=O) groups is 1. The van der Waals surface area contributed by atoms with Gasteiger partial charge in [0.05, 0.1) is 31.1 Å². The Morgan fingerprint density at radius 1 is 1.46 bits per heavy atom. The van der Waals surface area contributed by atoms with E-state index in [1.807, 2.05) is 31.9 Å². The Morgan fingerprint density at radius 2 is 2.19 bits per heavy atom. The highest BCUT2D eigenvalue weighted by atomic mass is 16.6. The third-order valence-corrected chi connectivity index (χ3v) is 5.21. The minimum absolute atomic E-state index is 0.0281. The van der Waals surface area contributed by atoms with Crippen LogP contribution in [0.5, 0.6) is 0 Å². The van der Waals surface area contributed by atoms with E-state index in [2.05, 4.69) is 23.6 Å². The standard InChI is InChI=1S/C19H31N3O4/c1-13-10-20-22-15(11-24-6)12-25-19(16(13)22)7-8-21(14(2)9-19)17(23)26-18(3,4)5/h10,14-15H,7-9,11-12H2,1-6H3/t14-,15?,19-/m1/s1. The van der Waals surface area contributed by atoms with E-state index in [0.717, 1.165) is 24.1 Å². The summed E-state index contributed by atoms with van der Waals surface area (Å²) in [7, 11) is 1.70. The molecule has 2 aliphatic heterocycles. The number of methoxy groups -OCH3 is 1. The molecule has 0 radical (unpaired) electrons. The van der Waals surface area contributed by atoms with Crippen LogP contribution in [-0.4, -0.2) is 59.3 Å². The first-order chi connectivity index (χ1) is 12.2. The van der Waals surface area contributed by atoms with Crippen LogP contribution in [0.2, 0.25) is 0 Å². The SMILES string of the molecule is COCC1CO[C@@]2(CCN(C(=O)OC(C)(C)C)[C@H](C)C2)c2c(C)cnn21. The lowest BCUT2D eigenvalue weighted by Gasteiger charge is -2.48. The molecule has 7 nitrogen and oxygen atoms in total. The summed E-state index contributed by atoms with van der Waals surface area (Å²) in [6, 6.07) is 0.119. The van der Waals surface area contributed by atoms with E-state index < -0.39 is 11.2 Å². The van der Waals surface area contributed by atoms with E-state index in [1.54, 1.807) is 7.11 Å². The number of piperidine rings is 1. The monoisotopic (exact) mass is 365 g/mol. The fourth-order valence-electron chi connectivity index (χ4n) is 4.15. The average Bonchev–Trinajstić information content (AvgIpc) is 2.92. The lowest BCUT2D eigenvalue weighted by molar-refractivity contribution is -0.140. The fraction of sp³-hybridized carbons (Fsp3) is 0.789. The molecule has 1 amide bonds. The predicted octanol–water partition coefficient (Wildman–Crippen LogP) is 3.02. The zero-order chi connectivity index (χ0) is 19.1. The van der Waals surface area contributed by atoms with E-state index in [9.17, 15) is 4.79 Å². The fourth-order valence-corrected chi connectivity index (χ4v) is 4.15. The molecule has 3 heterocycles. The summed E-state index contributed by atoms with van der Waals surface area (Å²) in [5.41, 5.74) is 1.36. The Labute approximate surface area is 155 Å². The lowest BCUT2D eigenvalue weighted by Crippen LogP contribution is -2.55. The summed E-state index contributed by atoms with van der Waals surface area (Å²) >= 11 is 0. The van der Waals surface area contributed by atoms with Crippen LogP contribution in [0.15, 0.2) is 6.20 Å². The minimum Gasteiger partial charge on any atom is -0.444 e. The van der Waals surface area contributed by atoms with Crippen LogP contribution in [-0.2, 0) is 19.8 Å². The summed E-state index contributed by atoms with van der Waals surface area (Å²) in [6.07, 6.45) is 3.12. The molecular weight excluding hydrogens is 334 g/mol. The molecule has 3 rings (SSSR count). The Hall–Kier alpha value is -1.60. The van der Waals surface area contributed by atoms with Gasteiger partial charge in [0.15, 0.2) is 0 Å². The first kappa shape index (κ1) is 19.2. The highest BCUT2D eigenvalue weighted by Gasteiger charge is 2.48. The van der Waals surface area contributed by atoms with Crippen molar-refractivity contribution in [1.29, 1.82) is 0 Å². The average molecular weight is 365 g/mol. The number of amides is 1. The quantitative estimate of drug-likeness (QED) is 0.806. The molecule has 1 unspecified atom stereocenters. The minimum atomic E-state index is -0.490. The number of nitrogens with zero attached hydrogens (tertiary/aromatic N) is 3. The molecule has 146 valence electrons. The molecule has 1 fully saturated rings. The maximum Gasteiger partial charge on any atom is 0.410 e. The first-order valence-corrected chi connectivity index (χ1v) is 9.34. The largest absolute Gasteiger partial charge is 0.444 e. The van der Waals surface area contributed by atoms with Crippen molar-refractivity contribution in [3.63, 3.8) is 0 Å². The molecule has 1 aromatic heterocycles. The van der Waals surface area contributed by atoms with E-state index in [-0.39, 0.29) is 18.2 Å². The number of likely N-dealkylation sites (tertiary alicyclic amines) is 1. The number of hydrogen-bond acceptors (Lipinski definition) is 5. The molecule has 0 aliphatic carbocycles. The number of aromatic nitrogens is 2. The van der Waals surface area contributed by atoms with E-state index in [1.165, 1.54) is 0 Å². The molecule has 0 aromatic carbocycles. The number of carbonyl (C=O) groups excluding carboxylic acids is 1. The Balaban J connectivity index is 1.82. The number of fused-ring (bicyclic) bond motifs is 2. The van der Waals surface area contributed by atoms with Crippen LogP contribution >= 0.6 is 0 Å². The van der Waals surface area contributed by atoms with Crippen molar-refractivity contribution in [3.05, 3.63) is 17.5 Å². The third-order valence-electron chi connectivity index (χ3n) is 5.21. The van der Waals surface area contributed by atoms with Gasteiger partial charge in [-0.1, -0.05) is 0 Å². The van der Waals surface area contributed by atoms with Crippen LogP contribution in [0.25, 0.3) is 0 Å². The van der Waals surface area contributed by atoms with Crippen molar-refractivity contribution in [2.45, 2.75) is 70.7 Å². The summed E-state index contributed by atoms with van der Waals surface area (Å²) in [6.45, 7) is 11.6. The van der Waals surface area contributed by atoms with Gasteiger partial charge in [-0.3, -0.25) is 4.68 Å². The van der Waals surface area contributed by atoms with Gasteiger partial charge in [-0.05, 0) is 46.6 Å². The highest BCUT2D eigenvalue weighted by molar-refractivity contribution is 5.68. The predicted molar refractivity (Wildman–Crippen MR) is 97.1 cm³/mol. The number of aryl methyl sites for hydroxylation is 1. The molecule has 3 atom stereocenters. The zero-order valence-electron chi connectivity index (χ0n) is 16.7. The Bertz CT molecular complexity index is 666.